The molecule has 0 fully saturated rings. The Labute approximate surface area is 214 Å². The number of thioether (sulfide) groups is 1. The summed E-state index contributed by atoms with van der Waals surface area (Å²) in [5.41, 5.74) is 2.20. The molecule has 0 bridgehead atoms. The first kappa shape index (κ1) is 28.4. The highest BCUT2D eigenvalue weighted by Gasteiger charge is 2.05. The van der Waals surface area contributed by atoms with Crippen LogP contribution in [0.3, 0.4) is 0 Å². The summed E-state index contributed by atoms with van der Waals surface area (Å²) in [5, 5.41) is 0. The number of esters is 2. The van der Waals surface area contributed by atoms with E-state index in [9.17, 15) is 9.59 Å². The van der Waals surface area contributed by atoms with E-state index >= 15 is 0 Å². The molecule has 0 heterocycles. The van der Waals surface area contributed by atoms with Crippen molar-refractivity contribution in [3.8, 4) is 11.5 Å². The Morgan fingerprint density at radius 3 is 1.51 bits per heavy atom. The van der Waals surface area contributed by atoms with Gasteiger partial charge < -0.3 is 9.47 Å². The average molecular weight is 495 g/mol. The summed E-state index contributed by atoms with van der Waals surface area (Å²) in [6.45, 7) is 2.87. The number of hydrogen-bond donors (Lipinski definition) is 0. The molecule has 0 radical (unpaired) electrons. The first-order valence-electron chi connectivity index (χ1n) is 12.5. The molecule has 2 rings (SSSR count). The fourth-order valence-electron chi connectivity index (χ4n) is 3.66. The molecule has 0 spiro atoms. The van der Waals surface area contributed by atoms with Crippen LogP contribution >= 0.6 is 11.8 Å². The van der Waals surface area contributed by atoms with Crippen LogP contribution in [-0.4, -0.2) is 23.4 Å². The van der Waals surface area contributed by atoms with Gasteiger partial charge in [0.15, 0.2) is 0 Å². The third kappa shape index (κ3) is 13.0. The summed E-state index contributed by atoms with van der Waals surface area (Å²) in [6, 6.07) is 15.5. The van der Waals surface area contributed by atoms with Gasteiger partial charge in [-0.15, -0.1) is 0 Å². The van der Waals surface area contributed by atoms with Gasteiger partial charge in [-0.3, -0.25) is 9.59 Å². The highest BCUT2D eigenvalue weighted by Crippen LogP contribution is 2.21. The van der Waals surface area contributed by atoms with E-state index in [1.165, 1.54) is 13.8 Å². The van der Waals surface area contributed by atoms with Gasteiger partial charge in [-0.2, -0.15) is 11.8 Å². The Bertz CT molecular complexity index is 887. The lowest BCUT2D eigenvalue weighted by Gasteiger charge is -2.08. The molecular formula is C30H38O4S. The molecule has 2 aromatic carbocycles. The van der Waals surface area contributed by atoms with Gasteiger partial charge in [0, 0.05) is 25.4 Å². The SMILES string of the molecule is CC(=O)Oc1ccccc1CCCCC=CCSCC=CCCCCc1ccccc1OC(C)=O. The molecular weight excluding hydrogens is 456 g/mol. The number of para-hydroxylation sites is 2. The van der Waals surface area contributed by atoms with Crippen LogP contribution < -0.4 is 9.47 Å². The standard InChI is InChI=1S/C30H38O4S/c1-25(31)33-29-21-13-11-19-27(29)17-9-5-3-7-15-23-35-24-16-8-4-6-10-18-28-20-12-14-22-30(28)34-26(2)32/h7-8,11-16,19-22H,3-6,9-10,17-18,23-24H2,1-2H3. The van der Waals surface area contributed by atoms with Gasteiger partial charge in [0.25, 0.3) is 0 Å². The van der Waals surface area contributed by atoms with Crippen LogP contribution in [0.5, 0.6) is 11.5 Å². The van der Waals surface area contributed by atoms with E-state index in [-0.39, 0.29) is 11.9 Å². The van der Waals surface area contributed by atoms with Crippen molar-refractivity contribution in [1.29, 1.82) is 0 Å². The molecule has 0 aliphatic heterocycles. The van der Waals surface area contributed by atoms with Crippen molar-refractivity contribution in [2.45, 2.75) is 65.2 Å². The molecule has 0 atom stereocenters. The van der Waals surface area contributed by atoms with E-state index < -0.39 is 0 Å². The van der Waals surface area contributed by atoms with Crippen LogP contribution in [-0.2, 0) is 22.4 Å². The van der Waals surface area contributed by atoms with Crippen LogP contribution in [0.4, 0.5) is 0 Å². The Balaban J connectivity index is 1.47. The first-order chi connectivity index (χ1) is 17.1. The van der Waals surface area contributed by atoms with E-state index in [2.05, 4.69) is 24.3 Å². The normalized spacial score (nSPS) is 11.3. The summed E-state index contributed by atoms with van der Waals surface area (Å²) >= 11 is 1.92. The van der Waals surface area contributed by atoms with E-state index in [4.69, 9.17) is 9.47 Å². The molecule has 0 saturated heterocycles. The third-order valence-electron chi connectivity index (χ3n) is 5.35. The lowest BCUT2D eigenvalue weighted by atomic mass is 10.1. The average Bonchev–Trinajstić information content (AvgIpc) is 2.83. The molecule has 5 heteroatoms. The molecule has 0 unspecified atom stereocenters. The van der Waals surface area contributed by atoms with Gasteiger partial charge in [0.1, 0.15) is 11.5 Å². The molecule has 4 nitrogen and oxygen atoms in total. The topological polar surface area (TPSA) is 52.6 Å². The summed E-state index contributed by atoms with van der Waals surface area (Å²) in [5.74, 6) is 2.90. The quantitative estimate of drug-likeness (QED) is 0.105. The molecule has 2 aromatic rings. The van der Waals surface area contributed by atoms with E-state index in [1.54, 1.807) is 0 Å². The number of ether oxygens (including phenoxy) is 2. The van der Waals surface area contributed by atoms with Gasteiger partial charge in [-0.1, -0.05) is 60.7 Å². The third-order valence-corrected chi connectivity index (χ3v) is 6.20. The van der Waals surface area contributed by atoms with Crippen LogP contribution in [0.15, 0.2) is 72.8 Å². The van der Waals surface area contributed by atoms with Crippen LogP contribution in [0.25, 0.3) is 0 Å². The Morgan fingerprint density at radius 1 is 0.657 bits per heavy atom. The monoisotopic (exact) mass is 494 g/mol. The van der Waals surface area contributed by atoms with Crippen LogP contribution in [0, 0.1) is 0 Å². The Kier molecular flexibility index (Phi) is 14.3. The highest BCUT2D eigenvalue weighted by atomic mass is 32.2. The largest absolute Gasteiger partial charge is 0.426 e. The van der Waals surface area contributed by atoms with Crippen molar-refractivity contribution in [2.24, 2.45) is 0 Å². The minimum atomic E-state index is -0.271. The van der Waals surface area contributed by atoms with Crippen molar-refractivity contribution in [1.82, 2.24) is 0 Å². The number of unbranched alkanes of at least 4 members (excludes halogenated alkanes) is 4. The van der Waals surface area contributed by atoms with Gasteiger partial charge in [-0.05, 0) is 74.6 Å². The molecule has 0 saturated carbocycles. The van der Waals surface area contributed by atoms with Gasteiger partial charge in [-0.25, -0.2) is 0 Å². The number of allylic oxidation sites excluding steroid dienone is 2. The van der Waals surface area contributed by atoms with Crippen molar-refractivity contribution >= 4 is 23.7 Å². The molecule has 0 aromatic heterocycles. The fourth-order valence-corrected chi connectivity index (χ4v) is 4.34. The second-order valence-corrected chi connectivity index (χ2v) is 9.45. The van der Waals surface area contributed by atoms with E-state index in [0.717, 1.165) is 74.0 Å². The van der Waals surface area contributed by atoms with Crippen molar-refractivity contribution in [2.75, 3.05) is 11.5 Å². The molecule has 0 aliphatic rings. The van der Waals surface area contributed by atoms with Crippen molar-refractivity contribution in [3.63, 3.8) is 0 Å². The predicted octanol–water partition coefficient (Wildman–Crippen LogP) is 7.51. The smallest absolute Gasteiger partial charge is 0.308 e. The summed E-state index contributed by atoms with van der Waals surface area (Å²) in [7, 11) is 0. The second kappa shape index (κ2) is 17.6. The zero-order chi connectivity index (χ0) is 25.1. The number of carbonyl (C=O) groups is 2. The molecule has 188 valence electrons. The lowest BCUT2D eigenvalue weighted by molar-refractivity contribution is -0.132. The van der Waals surface area contributed by atoms with Crippen LogP contribution in [0.1, 0.15) is 63.5 Å². The molecule has 0 amide bonds. The van der Waals surface area contributed by atoms with Crippen LogP contribution in [0.2, 0.25) is 0 Å². The lowest BCUT2D eigenvalue weighted by Crippen LogP contribution is -2.03. The maximum atomic E-state index is 11.2. The number of carbonyl (C=O) groups excluding carboxylic acids is 2. The van der Waals surface area contributed by atoms with Gasteiger partial charge in [0.2, 0.25) is 0 Å². The summed E-state index contributed by atoms with van der Waals surface area (Å²) in [6.07, 6.45) is 17.5. The van der Waals surface area contributed by atoms with Gasteiger partial charge in [0.05, 0.1) is 0 Å². The molecule has 35 heavy (non-hydrogen) atoms. The van der Waals surface area contributed by atoms with Crippen molar-refractivity contribution < 1.29 is 19.1 Å². The minimum absolute atomic E-state index is 0.271. The second-order valence-electron chi connectivity index (χ2n) is 8.37. The summed E-state index contributed by atoms with van der Waals surface area (Å²) < 4.78 is 10.5. The zero-order valence-corrected chi connectivity index (χ0v) is 21.9. The Morgan fingerprint density at radius 2 is 1.09 bits per heavy atom. The number of aryl methyl sites for hydroxylation is 2. The highest BCUT2D eigenvalue weighted by molar-refractivity contribution is 7.99. The van der Waals surface area contributed by atoms with Gasteiger partial charge >= 0.3 is 11.9 Å². The van der Waals surface area contributed by atoms with E-state index in [0.29, 0.717) is 11.5 Å². The van der Waals surface area contributed by atoms with Crippen molar-refractivity contribution in [3.05, 3.63) is 84.0 Å². The maximum Gasteiger partial charge on any atom is 0.308 e. The minimum Gasteiger partial charge on any atom is -0.426 e. The maximum absolute atomic E-state index is 11.2. The Hall–Kier alpha value is -2.79. The fraction of sp³-hybridized carbons (Fsp3) is 0.400. The van der Waals surface area contributed by atoms with E-state index in [1.807, 2.05) is 60.3 Å². The number of hydrogen-bond acceptors (Lipinski definition) is 5. The molecule has 0 N–H and O–H groups in total. The zero-order valence-electron chi connectivity index (χ0n) is 21.0. The number of rotatable bonds is 16. The molecule has 0 aliphatic carbocycles. The number of benzene rings is 2. The summed E-state index contributed by atoms with van der Waals surface area (Å²) in [4.78, 5) is 22.4. The first-order valence-corrected chi connectivity index (χ1v) is 13.6. The predicted molar refractivity (Wildman–Crippen MR) is 146 cm³/mol.